The van der Waals surface area contributed by atoms with Crippen molar-refractivity contribution in [2.45, 2.75) is 20.0 Å². The fourth-order valence-electron chi connectivity index (χ4n) is 1.80. The highest BCUT2D eigenvalue weighted by molar-refractivity contribution is 5.39. The lowest BCUT2D eigenvalue weighted by Crippen LogP contribution is -2.03. The molecule has 0 saturated carbocycles. The lowest BCUT2D eigenvalue weighted by atomic mass is 10.2. The van der Waals surface area contributed by atoms with E-state index in [0.29, 0.717) is 17.8 Å². The van der Waals surface area contributed by atoms with Crippen LogP contribution in [0.1, 0.15) is 18.3 Å². The van der Waals surface area contributed by atoms with Crippen LogP contribution < -0.4 is 4.74 Å². The van der Waals surface area contributed by atoms with Crippen LogP contribution in [-0.2, 0) is 13.0 Å². The Kier molecular flexibility index (Phi) is 3.57. The molecule has 0 atom stereocenters. The smallest absolute Gasteiger partial charge is 0.167 e. The molecule has 2 rings (SSSR count). The van der Waals surface area contributed by atoms with Gasteiger partial charge in [0.1, 0.15) is 5.69 Å². The minimum absolute atomic E-state index is 0.179. The lowest BCUT2D eigenvalue weighted by molar-refractivity contribution is 0.275. The number of halogens is 1. The quantitative estimate of drug-likeness (QED) is 0.894. The third-order valence-electron chi connectivity index (χ3n) is 2.71. The molecule has 0 aliphatic carbocycles. The third kappa shape index (κ3) is 2.06. The van der Waals surface area contributed by atoms with Crippen LogP contribution in [0.15, 0.2) is 18.2 Å². The van der Waals surface area contributed by atoms with Gasteiger partial charge in [-0.05, 0) is 18.6 Å². The van der Waals surface area contributed by atoms with E-state index >= 15 is 0 Å². The lowest BCUT2D eigenvalue weighted by Gasteiger charge is -2.07. The molecule has 0 bridgehead atoms. The van der Waals surface area contributed by atoms with E-state index in [-0.39, 0.29) is 12.4 Å². The topological polar surface area (TPSA) is 60.2 Å². The molecule has 1 heterocycles. The van der Waals surface area contributed by atoms with E-state index in [1.165, 1.54) is 23.9 Å². The summed E-state index contributed by atoms with van der Waals surface area (Å²) in [6, 6.07) is 4.55. The van der Waals surface area contributed by atoms with Gasteiger partial charge in [0, 0.05) is 6.07 Å². The van der Waals surface area contributed by atoms with E-state index in [4.69, 9.17) is 9.84 Å². The van der Waals surface area contributed by atoms with Gasteiger partial charge in [0.05, 0.1) is 25.1 Å². The van der Waals surface area contributed by atoms with Gasteiger partial charge in [0.2, 0.25) is 0 Å². The molecule has 2 aromatic rings. The molecule has 18 heavy (non-hydrogen) atoms. The fourth-order valence-corrected chi connectivity index (χ4v) is 1.80. The molecule has 1 N–H and O–H groups in total. The number of ether oxygens (including phenoxy) is 1. The Morgan fingerprint density at radius 2 is 2.22 bits per heavy atom. The Balaban J connectivity index is 2.48. The highest BCUT2D eigenvalue weighted by Crippen LogP contribution is 2.21. The van der Waals surface area contributed by atoms with Crippen LogP contribution in [0.25, 0.3) is 5.69 Å². The van der Waals surface area contributed by atoms with E-state index in [2.05, 4.69) is 10.3 Å². The van der Waals surface area contributed by atoms with Crippen molar-refractivity contribution in [3.05, 3.63) is 35.4 Å². The van der Waals surface area contributed by atoms with Crippen LogP contribution in [0, 0.1) is 5.82 Å². The van der Waals surface area contributed by atoms with Gasteiger partial charge in [-0.15, -0.1) is 5.10 Å². The molecule has 1 aromatic carbocycles. The average molecular weight is 251 g/mol. The van der Waals surface area contributed by atoms with Crippen molar-refractivity contribution in [2.75, 3.05) is 7.11 Å². The molecule has 0 fully saturated rings. The first-order valence-corrected chi connectivity index (χ1v) is 5.59. The Bertz CT molecular complexity index is 554. The molecule has 0 aliphatic rings. The molecule has 0 amide bonds. The summed E-state index contributed by atoms with van der Waals surface area (Å²) in [7, 11) is 1.41. The first-order valence-electron chi connectivity index (χ1n) is 5.59. The van der Waals surface area contributed by atoms with Gasteiger partial charge in [-0.3, -0.25) is 0 Å². The summed E-state index contributed by atoms with van der Waals surface area (Å²) in [5, 5.41) is 16.9. The van der Waals surface area contributed by atoms with Crippen molar-refractivity contribution in [2.24, 2.45) is 0 Å². The van der Waals surface area contributed by atoms with Gasteiger partial charge in [0.25, 0.3) is 0 Å². The summed E-state index contributed by atoms with van der Waals surface area (Å²) in [6.45, 7) is 1.75. The number of hydrogen-bond acceptors (Lipinski definition) is 4. The van der Waals surface area contributed by atoms with Gasteiger partial charge < -0.3 is 9.84 Å². The number of methoxy groups -OCH3 is 1. The number of aliphatic hydroxyl groups excluding tert-OH is 1. The summed E-state index contributed by atoms with van der Waals surface area (Å²) < 4.78 is 20.0. The van der Waals surface area contributed by atoms with E-state index < -0.39 is 5.82 Å². The maximum absolute atomic E-state index is 13.6. The largest absolute Gasteiger partial charge is 0.494 e. The summed E-state index contributed by atoms with van der Waals surface area (Å²) >= 11 is 0. The highest BCUT2D eigenvalue weighted by Gasteiger charge is 2.13. The standard InChI is InChI=1S/C12H14FN3O2/c1-3-11-10(7-17)14-15-16(11)8-4-5-12(18-2)9(13)6-8/h4-6,17H,3,7H2,1-2H3. The maximum Gasteiger partial charge on any atom is 0.167 e. The predicted molar refractivity (Wildman–Crippen MR) is 63.2 cm³/mol. The predicted octanol–water partition coefficient (Wildman–Crippen LogP) is 1.47. The van der Waals surface area contributed by atoms with Crippen LogP contribution in [0.2, 0.25) is 0 Å². The van der Waals surface area contributed by atoms with E-state index in [1.54, 1.807) is 6.07 Å². The number of benzene rings is 1. The average Bonchev–Trinajstić information content (AvgIpc) is 2.81. The summed E-state index contributed by atoms with van der Waals surface area (Å²) in [6.07, 6.45) is 0.649. The van der Waals surface area contributed by atoms with E-state index in [0.717, 1.165) is 5.69 Å². The molecule has 0 saturated heterocycles. The SMILES string of the molecule is CCc1c(CO)nnn1-c1ccc(OC)c(F)c1. The number of hydrogen-bond donors (Lipinski definition) is 1. The Morgan fingerprint density at radius 1 is 1.44 bits per heavy atom. The Labute approximate surface area is 104 Å². The molecular formula is C12H14FN3O2. The van der Waals surface area contributed by atoms with E-state index in [1.807, 2.05) is 6.92 Å². The Morgan fingerprint density at radius 3 is 2.78 bits per heavy atom. The summed E-state index contributed by atoms with van der Waals surface area (Å²) in [5.74, 6) is -0.280. The number of aliphatic hydroxyl groups is 1. The van der Waals surface area contributed by atoms with Crippen molar-refractivity contribution in [3.63, 3.8) is 0 Å². The summed E-state index contributed by atoms with van der Waals surface area (Å²) in [5.41, 5.74) is 1.83. The maximum atomic E-state index is 13.6. The van der Waals surface area contributed by atoms with Crippen molar-refractivity contribution < 1.29 is 14.2 Å². The second kappa shape index (κ2) is 5.14. The van der Waals surface area contributed by atoms with Crippen molar-refractivity contribution in [1.29, 1.82) is 0 Å². The monoisotopic (exact) mass is 251 g/mol. The van der Waals surface area contributed by atoms with Crippen LogP contribution in [0.3, 0.4) is 0 Å². The molecule has 96 valence electrons. The first kappa shape index (κ1) is 12.5. The van der Waals surface area contributed by atoms with Crippen molar-refractivity contribution in [1.82, 2.24) is 15.0 Å². The van der Waals surface area contributed by atoms with Gasteiger partial charge in [0.15, 0.2) is 11.6 Å². The first-order chi connectivity index (χ1) is 8.71. The zero-order valence-corrected chi connectivity index (χ0v) is 10.2. The number of nitrogens with zero attached hydrogens (tertiary/aromatic N) is 3. The van der Waals surface area contributed by atoms with E-state index in [9.17, 15) is 4.39 Å². The number of rotatable bonds is 4. The molecule has 0 spiro atoms. The van der Waals surface area contributed by atoms with Crippen molar-refractivity contribution >= 4 is 0 Å². The molecule has 6 heteroatoms. The van der Waals surface area contributed by atoms with Crippen LogP contribution in [0.4, 0.5) is 4.39 Å². The van der Waals surface area contributed by atoms with Crippen LogP contribution >= 0.6 is 0 Å². The number of aromatic nitrogens is 3. The molecule has 1 aromatic heterocycles. The van der Waals surface area contributed by atoms with Crippen molar-refractivity contribution in [3.8, 4) is 11.4 Å². The third-order valence-corrected chi connectivity index (χ3v) is 2.71. The second-order valence-electron chi connectivity index (χ2n) is 3.73. The van der Waals surface area contributed by atoms with Gasteiger partial charge in [-0.25, -0.2) is 9.07 Å². The fraction of sp³-hybridized carbons (Fsp3) is 0.333. The molecule has 5 nitrogen and oxygen atoms in total. The molecule has 0 unspecified atom stereocenters. The minimum Gasteiger partial charge on any atom is -0.494 e. The van der Waals surface area contributed by atoms with Gasteiger partial charge in [-0.1, -0.05) is 12.1 Å². The minimum atomic E-state index is -0.460. The normalized spacial score (nSPS) is 10.7. The molecule has 0 aliphatic heterocycles. The highest BCUT2D eigenvalue weighted by atomic mass is 19.1. The molecular weight excluding hydrogens is 237 g/mol. The van der Waals surface area contributed by atoms with Gasteiger partial charge >= 0.3 is 0 Å². The van der Waals surface area contributed by atoms with Crippen LogP contribution in [-0.4, -0.2) is 27.2 Å². The zero-order chi connectivity index (χ0) is 13.1. The van der Waals surface area contributed by atoms with Crippen LogP contribution in [0.5, 0.6) is 5.75 Å². The van der Waals surface area contributed by atoms with Gasteiger partial charge in [-0.2, -0.15) is 0 Å². The molecule has 0 radical (unpaired) electrons. The zero-order valence-electron chi connectivity index (χ0n) is 10.2. The second-order valence-corrected chi connectivity index (χ2v) is 3.73. The summed E-state index contributed by atoms with van der Waals surface area (Å²) in [4.78, 5) is 0. The Hall–Kier alpha value is -1.95.